The summed E-state index contributed by atoms with van der Waals surface area (Å²) >= 11 is 0. The van der Waals surface area contributed by atoms with Crippen molar-refractivity contribution >= 4 is 0 Å². The van der Waals surface area contributed by atoms with E-state index >= 15 is 0 Å². The zero-order chi connectivity index (χ0) is 9.10. The molecule has 1 fully saturated rings. The number of ether oxygens (including phenoxy) is 1. The molecule has 4 nitrogen and oxygen atoms in total. The summed E-state index contributed by atoms with van der Waals surface area (Å²) in [5.41, 5.74) is 1.00. The van der Waals surface area contributed by atoms with Crippen LogP contribution in [0.5, 0.6) is 5.95 Å². The molecule has 1 saturated heterocycles. The van der Waals surface area contributed by atoms with E-state index in [1.165, 1.54) is 12.8 Å². The van der Waals surface area contributed by atoms with Gasteiger partial charge in [-0.15, -0.1) is 0 Å². The van der Waals surface area contributed by atoms with Crippen LogP contribution in [0.1, 0.15) is 24.5 Å². The van der Waals surface area contributed by atoms with E-state index in [1.54, 1.807) is 7.11 Å². The number of methoxy groups -OCH3 is 1. The molecule has 0 amide bonds. The van der Waals surface area contributed by atoms with E-state index in [0.717, 1.165) is 18.8 Å². The normalized spacial score (nSPS) is 23.0. The molecule has 0 saturated carbocycles. The van der Waals surface area contributed by atoms with Crippen LogP contribution in [-0.4, -0.2) is 25.4 Å². The van der Waals surface area contributed by atoms with Crippen molar-refractivity contribution in [3.05, 3.63) is 11.8 Å². The molecular weight excluding hydrogens is 168 g/mol. The molecule has 4 heteroatoms. The Morgan fingerprint density at radius 3 is 3.23 bits per heavy atom. The monoisotopic (exact) mass is 182 g/mol. The highest BCUT2D eigenvalue weighted by atomic mass is 16.6. The van der Waals surface area contributed by atoms with Crippen molar-refractivity contribution in [1.29, 1.82) is 0 Å². The SMILES string of the molecule is COc1cc(C2CCCNC2)no1. The Balaban J connectivity index is 2.05. The molecule has 72 valence electrons. The molecule has 1 atom stereocenters. The van der Waals surface area contributed by atoms with Crippen LogP contribution in [0.25, 0.3) is 0 Å². The molecule has 1 unspecified atom stereocenters. The smallest absolute Gasteiger partial charge is 0.311 e. The summed E-state index contributed by atoms with van der Waals surface area (Å²) < 4.78 is 9.90. The second-order valence-electron chi connectivity index (χ2n) is 3.32. The van der Waals surface area contributed by atoms with Crippen molar-refractivity contribution in [3.8, 4) is 5.95 Å². The topological polar surface area (TPSA) is 47.3 Å². The summed E-state index contributed by atoms with van der Waals surface area (Å²) in [6.45, 7) is 2.11. The summed E-state index contributed by atoms with van der Waals surface area (Å²) in [5.74, 6) is 0.988. The molecule has 2 rings (SSSR count). The van der Waals surface area contributed by atoms with Gasteiger partial charge in [0.15, 0.2) is 0 Å². The molecule has 0 bridgehead atoms. The number of nitrogens with zero attached hydrogens (tertiary/aromatic N) is 1. The van der Waals surface area contributed by atoms with Gasteiger partial charge in [-0.05, 0) is 19.4 Å². The maximum Gasteiger partial charge on any atom is 0.311 e. The largest absolute Gasteiger partial charge is 0.467 e. The van der Waals surface area contributed by atoms with Crippen LogP contribution in [0.2, 0.25) is 0 Å². The minimum absolute atomic E-state index is 0.487. The van der Waals surface area contributed by atoms with Crippen molar-refractivity contribution in [2.45, 2.75) is 18.8 Å². The average molecular weight is 182 g/mol. The highest BCUT2D eigenvalue weighted by Gasteiger charge is 2.18. The van der Waals surface area contributed by atoms with Crippen LogP contribution in [0.15, 0.2) is 10.6 Å². The maximum absolute atomic E-state index is 4.97. The van der Waals surface area contributed by atoms with Crippen LogP contribution < -0.4 is 10.1 Å². The van der Waals surface area contributed by atoms with Crippen LogP contribution in [0, 0.1) is 0 Å². The van der Waals surface area contributed by atoms with Crippen molar-refractivity contribution in [2.75, 3.05) is 20.2 Å². The molecule has 0 radical (unpaired) electrons. The predicted octanol–water partition coefficient (Wildman–Crippen LogP) is 1.15. The van der Waals surface area contributed by atoms with Crippen LogP contribution in [-0.2, 0) is 0 Å². The maximum atomic E-state index is 4.97. The lowest BCUT2D eigenvalue weighted by molar-refractivity contribution is 0.257. The van der Waals surface area contributed by atoms with Gasteiger partial charge in [-0.1, -0.05) is 5.16 Å². The van der Waals surface area contributed by atoms with E-state index in [0.29, 0.717) is 11.9 Å². The second-order valence-corrected chi connectivity index (χ2v) is 3.32. The van der Waals surface area contributed by atoms with Gasteiger partial charge in [0, 0.05) is 18.5 Å². The molecule has 1 N–H and O–H groups in total. The van der Waals surface area contributed by atoms with Crippen LogP contribution >= 0.6 is 0 Å². The van der Waals surface area contributed by atoms with Crippen molar-refractivity contribution in [3.63, 3.8) is 0 Å². The van der Waals surface area contributed by atoms with Crippen molar-refractivity contribution in [2.24, 2.45) is 0 Å². The number of piperidine rings is 1. The first-order valence-corrected chi connectivity index (χ1v) is 4.61. The first-order chi connectivity index (χ1) is 6.40. The fourth-order valence-electron chi connectivity index (χ4n) is 1.66. The lowest BCUT2D eigenvalue weighted by atomic mass is 9.96. The standard InChI is InChI=1S/C9H14N2O2/c1-12-9-5-8(11-13-9)7-3-2-4-10-6-7/h5,7,10H,2-4,6H2,1H3. The van der Waals surface area contributed by atoms with Gasteiger partial charge in [0.05, 0.1) is 12.8 Å². The Bertz CT molecular complexity index is 266. The Labute approximate surface area is 77.2 Å². The first kappa shape index (κ1) is 8.56. The van der Waals surface area contributed by atoms with E-state index in [1.807, 2.05) is 6.07 Å². The van der Waals surface area contributed by atoms with Gasteiger partial charge < -0.3 is 14.6 Å². The molecular formula is C9H14N2O2. The summed E-state index contributed by atoms with van der Waals surface area (Å²) in [6.07, 6.45) is 2.39. The number of rotatable bonds is 2. The molecule has 0 spiro atoms. The minimum Gasteiger partial charge on any atom is -0.467 e. The molecule has 13 heavy (non-hydrogen) atoms. The van der Waals surface area contributed by atoms with Crippen molar-refractivity contribution < 1.29 is 9.26 Å². The zero-order valence-electron chi connectivity index (χ0n) is 7.75. The van der Waals surface area contributed by atoms with Gasteiger partial charge in [0.25, 0.3) is 0 Å². The lowest BCUT2D eigenvalue weighted by Crippen LogP contribution is -2.28. The molecule has 0 aromatic carbocycles. The number of nitrogens with one attached hydrogen (secondary N) is 1. The van der Waals surface area contributed by atoms with Gasteiger partial charge >= 0.3 is 5.95 Å². The third-order valence-electron chi connectivity index (χ3n) is 2.42. The number of hydrogen-bond acceptors (Lipinski definition) is 4. The molecule has 1 aromatic rings. The van der Waals surface area contributed by atoms with E-state index in [-0.39, 0.29) is 0 Å². The highest BCUT2D eigenvalue weighted by Crippen LogP contribution is 2.24. The van der Waals surface area contributed by atoms with Gasteiger partial charge in [-0.25, -0.2) is 0 Å². The Kier molecular flexibility index (Phi) is 2.49. The molecule has 1 aliphatic heterocycles. The quantitative estimate of drug-likeness (QED) is 0.745. The number of hydrogen-bond donors (Lipinski definition) is 1. The van der Waals surface area contributed by atoms with E-state index in [9.17, 15) is 0 Å². The number of aromatic nitrogens is 1. The predicted molar refractivity (Wildman–Crippen MR) is 47.9 cm³/mol. The van der Waals surface area contributed by atoms with E-state index in [4.69, 9.17) is 9.26 Å². The highest BCUT2D eigenvalue weighted by molar-refractivity contribution is 5.15. The fourth-order valence-corrected chi connectivity index (χ4v) is 1.66. The third-order valence-corrected chi connectivity index (χ3v) is 2.42. The Morgan fingerprint density at radius 2 is 2.62 bits per heavy atom. The van der Waals surface area contributed by atoms with E-state index in [2.05, 4.69) is 10.5 Å². The fraction of sp³-hybridized carbons (Fsp3) is 0.667. The van der Waals surface area contributed by atoms with E-state index < -0.39 is 0 Å². The molecule has 1 aromatic heterocycles. The molecule has 1 aliphatic rings. The lowest BCUT2D eigenvalue weighted by Gasteiger charge is -2.19. The summed E-state index contributed by atoms with van der Waals surface area (Å²) in [7, 11) is 1.59. The zero-order valence-corrected chi connectivity index (χ0v) is 7.75. The summed E-state index contributed by atoms with van der Waals surface area (Å²) in [5, 5.41) is 7.31. The van der Waals surface area contributed by atoms with Gasteiger partial charge in [-0.2, -0.15) is 0 Å². The minimum atomic E-state index is 0.487. The second kappa shape index (κ2) is 3.79. The van der Waals surface area contributed by atoms with Crippen LogP contribution in [0.3, 0.4) is 0 Å². The van der Waals surface area contributed by atoms with Gasteiger partial charge in [-0.3, -0.25) is 0 Å². The Hall–Kier alpha value is -1.03. The first-order valence-electron chi connectivity index (χ1n) is 4.61. The third kappa shape index (κ3) is 1.83. The molecule has 2 heterocycles. The van der Waals surface area contributed by atoms with Crippen LogP contribution in [0.4, 0.5) is 0 Å². The summed E-state index contributed by atoms with van der Waals surface area (Å²) in [4.78, 5) is 0. The van der Waals surface area contributed by atoms with Gasteiger partial charge in [0.2, 0.25) is 0 Å². The van der Waals surface area contributed by atoms with Crippen molar-refractivity contribution in [1.82, 2.24) is 10.5 Å². The average Bonchev–Trinajstić information content (AvgIpc) is 2.67. The summed E-state index contributed by atoms with van der Waals surface area (Å²) in [6, 6.07) is 1.87. The Morgan fingerprint density at radius 1 is 1.69 bits per heavy atom. The molecule has 0 aliphatic carbocycles. The van der Waals surface area contributed by atoms with Gasteiger partial charge in [0.1, 0.15) is 0 Å².